The van der Waals surface area contributed by atoms with Crippen LogP contribution in [0.4, 0.5) is 0 Å². The zero-order chi connectivity index (χ0) is 20.1. The van der Waals surface area contributed by atoms with Crippen molar-refractivity contribution in [2.45, 2.75) is 20.4 Å². The normalized spacial score (nSPS) is 14.8. The molecule has 2 aromatic rings. The van der Waals surface area contributed by atoms with Crippen LogP contribution in [0.3, 0.4) is 0 Å². The maximum atomic E-state index is 12.4. The molecule has 1 aliphatic rings. The van der Waals surface area contributed by atoms with Crippen molar-refractivity contribution in [3.8, 4) is 5.75 Å². The molecule has 0 spiro atoms. The summed E-state index contributed by atoms with van der Waals surface area (Å²) in [6.07, 6.45) is 0. The number of ketones is 1. The van der Waals surface area contributed by atoms with Crippen molar-refractivity contribution in [2.24, 2.45) is 0 Å². The third kappa shape index (κ3) is 5.33. The highest BCUT2D eigenvalue weighted by atomic mass is 35.5. The summed E-state index contributed by atoms with van der Waals surface area (Å²) in [5.74, 6) is 0.619. The summed E-state index contributed by atoms with van der Waals surface area (Å²) in [4.78, 5) is 28.1. The number of hydrogen-bond donors (Lipinski definition) is 0. The van der Waals surface area contributed by atoms with Crippen LogP contribution >= 0.6 is 11.6 Å². The summed E-state index contributed by atoms with van der Waals surface area (Å²) < 4.78 is 5.64. The first-order chi connectivity index (χ1) is 13.4. The van der Waals surface area contributed by atoms with Crippen LogP contribution in [0.25, 0.3) is 0 Å². The van der Waals surface area contributed by atoms with Crippen LogP contribution in [0.1, 0.15) is 28.4 Å². The number of rotatable bonds is 6. The fourth-order valence-corrected chi connectivity index (χ4v) is 3.49. The molecule has 3 rings (SSSR count). The van der Waals surface area contributed by atoms with E-state index in [1.165, 1.54) is 5.56 Å². The molecular weight excluding hydrogens is 376 g/mol. The van der Waals surface area contributed by atoms with Gasteiger partial charge in [-0.1, -0.05) is 23.7 Å². The number of halogens is 1. The van der Waals surface area contributed by atoms with Crippen molar-refractivity contribution >= 4 is 23.3 Å². The van der Waals surface area contributed by atoms with E-state index < -0.39 is 0 Å². The number of nitrogens with zero attached hydrogens (tertiary/aromatic N) is 2. The summed E-state index contributed by atoms with van der Waals surface area (Å²) in [7, 11) is 0. The molecule has 2 aromatic carbocycles. The number of Topliss-reactive ketones (excluding diaryl/α,β-unsaturated/α-hetero) is 1. The molecular formula is C22H25ClN2O3. The van der Waals surface area contributed by atoms with E-state index in [0.717, 1.165) is 30.2 Å². The topological polar surface area (TPSA) is 49.9 Å². The lowest BCUT2D eigenvalue weighted by molar-refractivity contribution is -0.135. The number of benzene rings is 2. The molecule has 1 amide bonds. The molecule has 28 heavy (non-hydrogen) atoms. The van der Waals surface area contributed by atoms with Crippen molar-refractivity contribution in [3.63, 3.8) is 0 Å². The molecule has 0 aromatic heterocycles. The Morgan fingerprint density at radius 3 is 2.32 bits per heavy atom. The van der Waals surface area contributed by atoms with Gasteiger partial charge in [0.15, 0.2) is 12.4 Å². The van der Waals surface area contributed by atoms with Gasteiger partial charge in [-0.3, -0.25) is 14.5 Å². The van der Waals surface area contributed by atoms with Crippen molar-refractivity contribution in [1.29, 1.82) is 0 Å². The molecule has 0 radical (unpaired) electrons. The van der Waals surface area contributed by atoms with Gasteiger partial charge in [-0.25, -0.2) is 0 Å². The SMILES string of the molecule is CC(=O)c1ccc(OCC(=O)N2CCN(Cc3ccc(Cl)cc3)CC2)cc1C. The quantitative estimate of drug-likeness (QED) is 0.695. The predicted molar refractivity (Wildman–Crippen MR) is 110 cm³/mol. The lowest BCUT2D eigenvalue weighted by Crippen LogP contribution is -2.49. The van der Waals surface area contributed by atoms with Gasteiger partial charge in [0.2, 0.25) is 0 Å². The average Bonchev–Trinajstić information content (AvgIpc) is 2.68. The van der Waals surface area contributed by atoms with E-state index in [4.69, 9.17) is 16.3 Å². The number of amides is 1. The Labute approximate surface area is 170 Å². The number of aryl methyl sites for hydroxylation is 1. The van der Waals surface area contributed by atoms with Crippen LogP contribution in [0.15, 0.2) is 42.5 Å². The van der Waals surface area contributed by atoms with E-state index >= 15 is 0 Å². The van der Waals surface area contributed by atoms with Crippen molar-refractivity contribution < 1.29 is 14.3 Å². The first kappa shape index (κ1) is 20.4. The average molecular weight is 401 g/mol. The van der Waals surface area contributed by atoms with Gasteiger partial charge in [0, 0.05) is 43.3 Å². The third-order valence-corrected chi connectivity index (χ3v) is 5.24. The fourth-order valence-electron chi connectivity index (χ4n) is 3.36. The fraction of sp³-hybridized carbons (Fsp3) is 0.364. The molecule has 1 fully saturated rings. The Balaban J connectivity index is 1.45. The van der Waals surface area contributed by atoms with E-state index in [9.17, 15) is 9.59 Å². The largest absolute Gasteiger partial charge is 0.484 e. The molecule has 0 unspecified atom stereocenters. The van der Waals surface area contributed by atoms with E-state index in [2.05, 4.69) is 4.90 Å². The summed E-state index contributed by atoms with van der Waals surface area (Å²) in [6, 6.07) is 13.2. The summed E-state index contributed by atoms with van der Waals surface area (Å²) in [5, 5.41) is 0.741. The minimum atomic E-state index is -0.0144. The second kappa shape index (κ2) is 9.22. The highest BCUT2D eigenvalue weighted by Gasteiger charge is 2.21. The van der Waals surface area contributed by atoms with Crippen molar-refractivity contribution in [3.05, 3.63) is 64.2 Å². The Morgan fingerprint density at radius 1 is 1.04 bits per heavy atom. The van der Waals surface area contributed by atoms with Crippen LogP contribution in [-0.2, 0) is 11.3 Å². The maximum absolute atomic E-state index is 12.4. The highest BCUT2D eigenvalue weighted by molar-refractivity contribution is 6.30. The molecule has 0 N–H and O–H groups in total. The number of ether oxygens (including phenoxy) is 1. The predicted octanol–water partition coefficient (Wildman–Crippen LogP) is 3.57. The Kier molecular flexibility index (Phi) is 6.70. The Hall–Kier alpha value is -2.37. The zero-order valence-electron chi connectivity index (χ0n) is 16.3. The van der Waals surface area contributed by atoms with Gasteiger partial charge < -0.3 is 9.64 Å². The molecule has 0 atom stereocenters. The molecule has 1 saturated heterocycles. The molecule has 148 valence electrons. The van der Waals surface area contributed by atoms with Gasteiger partial charge in [0.05, 0.1) is 0 Å². The monoisotopic (exact) mass is 400 g/mol. The molecule has 0 bridgehead atoms. The van der Waals surface area contributed by atoms with E-state index in [0.29, 0.717) is 24.4 Å². The van der Waals surface area contributed by atoms with Crippen LogP contribution < -0.4 is 4.74 Å². The van der Waals surface area contributed by atoms with Gasteiger partial charge >= 0.3 is 0 Å². The molecule has 5 nitrogen and oxygen atoms in total. The second-order valence-corrected chi connectivity index (χ2v) is 7.54. The second-order valence-electron chi connectivity index (χ2n) is 7.10. The zero-order valence-corrected chi connectivity index (χ0v) is 17.0. The Morgan fingerprint density at radius 2 is 1.71 bits per heavy atom. The maximum Gasteiger partial charge on any atom is 0.260 e. The van der Waals surface area contributed by atoms with Crippen molar-refractivity contribution in [1.82, 2.24) is 9.80 Å². The van der Waals surface area contributed by atoms with Gasteiger partial charge in [0.25, 0.3) is 5.91 Å². The number of hydrogen-bond acceptors (Lipinski definition) is 4. The summed E-state index contributed by atoms with van der Waals surface area (Å²) in [5.41, 5.74) is 2.75. The lowest BCUT2D eigenvalue weighted by atomic mass is 10.1. The number of piperazine rings is 1. The van der Waals surface area contributed by atoms with E-state index in [1.54, 1.807) is 25.1 Å². The van der Waals surface area contributed by atoms with E-state index in [1.807, 2.05) is 36.1 Å². The van der Waals surface area contributed by atoms with Gasteiger partial charge in [-0.05, 0) is 55.3 Å². The smallest absolute Gasteiger partial charge is 0.260 e. The minimum Gasteiger partial charge on any atom is -0.484 e. The minimum absolute atomic E-state index is 0.00996. The van der Waals surface area contributed by atoms with Crippen LogP contribution in [0.5, 0.6) is 5.75 Å². The molecule has 1 aliphatic heterocycles. The van der Waals surface area contributed by atoms with Crippen LogP contribution in [0, 0.1) is 6.92 Å². The lowest BCUT2D eigenvalue weighted by Gasteiger charge is -2.34. The van der Waals surface area contributed by atoms with Gasteiger partial charge in [-0.2, -0.15) is 0 Å². The number of carbonyl (C=O) groups is 2. The first-order valence-corrected chi connectivity index (χ1v) is 9.79. The van der Waals surface area contributed by atoms with E-state index in [-0.39, 0.29) is 18.3 Å². The molecule has 0 aliphatic carbocycles. The molecule has 6 heteroatoms. The summed E-state index contributed by atoms with van der Waals surface area (Å²) in [6.45, 7) is 7.33. The van der Waals surface area contributed by atoms with Crippen LogP contribution in [0.2, 0.25) is 5.02 Å². The number of carbonyl (C=O) groups excluding carboxylic acids is 2. The summed E-state index contributed by atoms with van der Waals surface area (Å²) >= 11 is 5.93. The molecule has 0 saturated carbocycles. The first-order valence-electron chi connectivity index (χ1n) is 9.41. The standard InChI is InChI=1S/C22H25ClN2O3/c1-16-13-20(7-8-21(16)17(2)26)28-15-22(27)25-11-9-24(10-12-25)14-18-3-5-19(23)6-4-18/h3-8,13H,9-12,14-15H2,1-2H3. The van der Waals surface area contributed by atoms with Crippen molar-refractivity contribution in [2.75, 3.05) is 32.8 Å². The highest BCUT2D eigenvalue weighted by Crippen LogP contribution is 2.18. The van der Waals surface area contributed by atoms with Gasteiger partial charge in [0.1, 0.15) is 5.75 Å². The molecule has 1 heterocycles. The van der Waals surface area contributed by atoms with Crippen LogP contribution in [-0.4, -0.2) is 54.3 Å². The van der Waals surface area contributed by atoms with Gasteiger partial charge in [-0.15, -0.1) is 0 Å². The Bertz CT molecular complexity index is 843. The third-order valence-electron chi connectivity index (χ3n) is 4.98.